The van der Waals surface area contributed by atoms with Gasteiger partial charge >= 0.3 is 0 Å². The number of ether oxygens (including phenoxy) is 1. The van der Waals surface area contributed by atoms with Gasteiger partial charge in [0.05, 0.1) is 17.3 Å². The van der Waals surface area contributed by atoms with E-state index in [2.05, 4.69) is 16.7 Å². The highest BCUT2D eigenvalue weighted by Gasteiger charge is 2.15. The molecule has 6 nitrogen and oxygen atoms in total. The van der Waals surface area contributed by atoms with Crippen molar-refractivity contribution in [1.29, 1.82) is 0 Å². The van der Waals surface area contributed by atoms with E-state index < -0.39 is 9.84 Å². The van der Waals surface area contributed by atoms with Gasteiger partial charge < -0.3 is 15.4 Å². The van der Waals surface area contributed by atoms with E-state index in [1.54, 1.807) is 0 Å². The lowest BCUT2D eigenvalue weighted by Gasteiger charge is -2.14. The van der Waals surface area contributed by atoms with Crippen LogP contribution in [0, 0.1) is 0 Å². The van der Waals surface area contributed by atoms with Crippen LogP contribution < -0.4 is 10.6 Å². The fourth-order valence-electron chi connectivity index (χ4n) is 2.25. The third-order valence-corrected chi connectivity index (χ3v) is 5.36. The Hall–Kier alpha value is -1.41. The topological polar surface area (TPSA) is 84.5 Å². The number of methoxy groups -OCH3 is 1. The van der Waals surface area contributed by atoms with Crippen LogP contribution in [0.3, 0.4) is 0 Å². The Bertz CT molecular complexity index is 672. The second-order valence-electron chi connectivity index (χ2n) is 5.34. The Morgan fingerprint density at radius 1 is 1.29 bits per heavy atom. The first kappa shape index (κ1) is 20.6. The lowest BCUT2D eigenvalue weighted by atomic mass is 10.1. The molecule has 1 heterocycles. The van der Waals surface area contributed by atoms with Crippen molar-refractivity contribution in [2.45, 2.75) is 11.3 Å². The summed E-state index contributed by atoms with van der Waals surface area (Å²) in [4.78, 5) is 12.3. The monoisotopic (exact) mass is 374 g/mol. The maximum Gasteiger partial charge on any atom is 0.251 e. The van der Waals surface area contributed by atoms with Crippen LogP contribution in [0.2, 0.25) is 0 Å². The van der Waals surface area contributed by atoms with Crippen molar-refractivity contribution in [3.8, 4) is 0 Å². The molecule has 1 aliphatic heterocycles. The Balaban J connectivity index is 0.00000288. The summed E-state index contributed by atoms with van der Waals surface area (Å²) < 4.78 is 28.8. The van der Waals surface area contributed by atoms with Gasteiger partial charge in [0, 0.05) is 25.8 Å². The van der Waals surface area contributed by atoms with Gasteiger partial charge in [0.2, 0.25) is 0 Å². The van der Waals surface area contributed by atoms with Crippen molar-refractivity contribution < 1.29 is 17.9 Å². The molecule has 0 spiro atoms. The molecule has 1 aromatic carbocycles. The Morgan fingerprint density at radius 2 is 2.00 bits per heavy atom. The molecule has 0 bridgehead atoms. The molecule has 0 saturated heterocycles. The SMILES string of the molecule is COCCS(=O)(=O)c1ccc(C(=O)NCC2=CCNCC2)cc1.Cl. The first-order chi connectivity index (χ1) is 11.0. The van der Waals surface area contributed by atoms with Crippen molar-refractivity contribution in [1.82, 2.24) is 10.6 Å². The second-order valence-corrected chi connectivity index (χ2v) is 7.44. The van der Waals surface area contributed by atoms with Gasteiger partial charge in [0.15, 0.2) is 9.84 Å². The number of hydrogen-bond donors (Lipinski definition) is 2. The molecule has 24 heavy (non-hydrogen) atoms. The van der Waals surface area contributed by atoms with E-state index in [0.29, 0.717) is 12.1 Å². The highest BCUT2D eigenvalue weighted by atomic mass is 35.5. The third kappa shape index (κ3) is 5.90. The lowest BCUT2D eigenvalue weighted by molar-refractivity contribution is 0.0956. The molecule has 134 valence electrons. The van der Waals surface area contributed by atoms with Crippen LogP contribution in [0.15, 0.2) is 40.8 Å². The Morgan fingerprint density at radius 3 is 2.58 bits per heavy atom. The molecule has 2 rings (SSSR count). The van der Waals surface area contributed by atoms with Gasteiger partial charge in [-0.1, -0.05) is 11.6 Å². The summed E-state index contributed by atoms with van der Waals surface area (Å²) in [6, 6.07) is 5.99. The summed E-state index contributed by atoms with van der Waals surface area (Å²) in [5.41, 5.74) is 1.65. The van der Waals surface area contributed by atoms with Crippen molar-refractivity contribution in [3.63, 3.8) is 0 Å². The van der Waals surface area contributed by atoms with E-state index in [1.165, 1.54) is 36.9 Å². The van der Waals surface area contributed by atoms with E-state index in [-0.39, 0.29) is 35.6 Å². The average molecular weight is 375 g/mol. The molecule has 1 aliphatic rings. The summed E-state index contributed by atoms with van der Waals surface area (Å²) >= 11 is 0. The number of benzene rings is 1. The molecule has 0 unspecified atom stereocenters. The fraction of sp³-hybridized carbons (Fsp3) is 0.438. The highest BCUT2D eigenvalue weighted by molar-refractivity contribution is 7.91. The molecule has 0 radical (unpaired) electrons. The van der Waals surface area contributed by atoms with Crippen molar-refractivity contribution in [2.75, 3.05) is 39.1 Å². The van der Waals surface area contributed by atoms with Gasteiger partial charge in [-0.3, -0.25) is 4.79 Å². The molecular formula is C16H23ClN2O4S. The number of halogens is 1. The normalized spacial score (nSPS) is 14.5. The van der Waals surface area contributed by atoms with Gasteiger partial charge in [-0.2, -0.15) is 0 Å². The third-order valence-electron chi connectivity index (χ3n) is 3.67. The predicted octanol–water partition coefficient (Wildman–Crippen LogP) is 1.18. The van der Waals surface area contributed by atoms with Gasteiger partial charge in [0.1, 0.15) is 0 Å². The van der Waals surface area contributed by atoms with Crippen LogP contribution >= 0.6 is 12.4 Å². The van der Waals surface area contributed by atoms with Crippen LogP contribution in [-0.2, 0) is 14.6 Å². The fourth-order valence-corrected chi connectivity index (χ4v) is 3.42. The summed E-state index contributed by atoms with van der Waals surface area (Å²) in [6.45, 7) is 2.43. The molecular weight excluding hydrogens is 352 g/mol. The van der Waals surface area contributed by atoms with Gasteiger partial charge in [-0.05, 0) is 37.2 Å². The number of nitrogens with one attached hydrogen (secondary N) is 2. The van der Waals surface area contributed by atoms with Crippen LogP contribution in [0.5, 0.6) is 0 Å². The number of sulfone groups is 1. The molecule has 2 N–H and O–H groups in total. The first-order valence-electron chi connectivity index (χ1n) is 7.51. The number of amides is 1. The first-order valence-corrected chi connectivity index (χ1v) is 9.17. The molecule has 1 aromatic rings. The van der Waals surface area contributed by atoms with Crippen molar-refractivity contribution in [2.24, 2.45) is 0 Å². The Kier molecular flexibility index (Phi) is 8.41. The molecule has 8 heteroatoms. The minimum atomic E-state index is -3.37. The number of carbonyl (C=O) groups excluding carboxylic acids is 1. The molecule has 0 aliphatic carbocycles. The minimum absolute atomic E-state index is 0. The standard InChI is InChI=1S/C16H22N2O4S.ClH/c1-22-10-11-23(20,21)15-4-2-14(3-5-15)16(19)18-12-13-6-8-17-9-7-13;/h2-6,17H,7-12H2,1H3,(H,18,19);1H. The average Bonchev–Trinajstić information content (AvgIpc) is 2.59. The van der Waals surface area contributed by atoms with Crippen molar-refractivity contribution in [3.05, 3.63) is 41.5 Å². The number of carbonyl (C=O) groups is 1. The second kappa shape index (κ2) is 9.78. The number of rotatable bonds is 7. The van der Waals surface area contributed by atoms with Crippen LogP contribution in [0.4, 0.5) is 0 Å². The lowest BCUT2D eigenvalue weighted by Crippen LogP contribution is -2.29. The van der Waals surface area contributed by atoms with Crippen LogP contribution in [0.1, 0.15) is 16.8 Å². The van der Waals surface area contributed by atoms with Gasteiger partial charge in [-0.25, -0.2) is 8.42 Å². The predicted molar refractivity (Wildman–Crippen MR) is 95.5 cm³/mol. The van der Waals surface area contributed by atoms with Crippen LogP contribution in [-0.4, -0.2) is 53.4 Å². The summed E-state index contributed by atoms with van der Waals surface area (Å²) in [5.74, 6) is -0.276. The molecule has 0 atom stereocenters. The minimum Gasteiger partial charge on any atom is -0.384 e. The van der Waals surface area contributed by atoms with Gasteiger partial charge in [-0.15, -0.1) is 12.4 Å². The molecule has 0 saturated carbocycles. The van der Waals surface area contributed by atoms with E-state index in [1.807, 2.05) is 0 Å². The van der Waals surface area contributed by atoms with Gasteiger partial charge in [0.25, 0.3) is 5.91 Å². The maximum absolute atomic E-state index is 12.1. The largest absolute Gasteiger partial charge is 0.384 e. The number of hydrogen-bond acceptors (Lipinski definition) is 5. The molecule has 0 aromatic heterocycles. The summed E-state index contributed by atoms with van der Waals surface area (Å²) in [7, 11) is -1.91. The Labute approximate surface area is 149 Å². The zero-order valence-corrected chi connectivity index (χ0v) is 15.2. The zero-order chi connectivity index (χ0) is 16.7. The van der Waals surface area contributed by atoms with E-state index in [0.717, 1.165) is 19.5 Å². The molecule has 0 fully saturated rings. The zero-order valence-electron chi connectivity index (χ0n) is 13.6. The summed E-state index contributed by atoms with van der Waals surface area (Å²) in [5, 5.41) is 6.07. The van der Waals surface area contributed by atoms with Crippen LogP contribution in [0.25, 0.3) is 0 Å². The van der Waals surface area contributed by atoms with Crippen molar-refractivity contribution >= 4 is 28.2 Å². The van der Waals surface area contributed by atoms with E-state index >= 15 is 0 Å². The van der Waals surface area contributed by atoms with E-state index in [9.17, 15) is 13.2 Å². The highest BCUT2D eigenvalue weighted by Crippen LogP contribution is 2.13. The summed E-state index contributed by atoms with van der Waals surface area (Å²) in [6.07, 6.45) is 3.01. The van der Waals surface area contributed by atoms with E-state index in [4.69, 9.17) is 4.74 Å². The maximum atomic E-state index is 12.1. The molecule has 1 amide bonds. The smallest absolute Gasteiger partial charge is 0.251 e. The quantitative estimate of drug-likeness (QED) is 0.700.